The van der Waals surface area contributed by atoms with Gasteiger partial charge in [0.25, 0.3) is 5.91 Å². The molecule has 18 heavy (non-hydrogen) atoms. The summed E-state index contributed by atoms with van der Waals surface area (Å²) in [5.41, 5.74) is 6.53. The molecule has 2 amide bonds. The quantitative estimate of drug-likeness (QED) is 0.800. The van der Waals surface area contributed by atoms with Gasteiger partial charge in [0.05, 0.1) is 5.56 Å². The predicted molar refractivity (Wildman–Crippen MR) is 72.1 cm³/mol. The molecule has 6 heteroatoms. The van der Waals surface area contributed by atoms with Gasteiger partial charge in [0.15, 0.2) is 0 Å². The van der Waals surface area contributed by atoms with Crippen molar-refractivity contribution in [2.45, 2.75) is 12.5 Å². The van der Waals surface area contributed by atoms with Crippen LogP contribution in [0.15, 0.2) is 22.7 Å². The van der Waals surface area contributed by atoms with Crippen molar-refractivity contribution in [2.24, 2.45) is 0 Å². The van der Waals surface area contributed by atoms with Crippen molar-refractivity contribution in [1.29, 1.82) is 0 Å². The van der Waals surface area contributed by atoms with Gasteiger partial charge in [0, 0.05) is 23.8 Å². The number of rotatable bonds is 2. The first kappa shape index (κ1) is 12.9. The van der Waals surface area contributed by atoms with Crippen molar-refractivity contribution in [3.05, 3.63) is 28.2 Å². The molecule has 1 atom stereocenters. The number of hydrogen-bond acceptors (Lipinski definition) is 3. The molecule has 3 N–H and O–H groups in total. The lowest BCUT2D eigenvalue weighted by atomic mass is 10.1. The largest absolute Gasteiger partial charge is 0.398 e. The number of nitrogens with zero attached hydrogens (tertiary/aromatic N) is 1. The summed E-state index contributed by atoms with van der Waals surface area (Å²) in [6, 6.07) is 4.62. The van der Waals surface area contributed by atoms with Crippen LogP contribution in [0.2, 0.25) is 0 Å². The predicted octanol–water partition coefficient (Wildman–Crippen LogP) is 0.992. The van der Waals surface area contributed by atoms with Crippen LogP contribution in [0.3, 0.4) is 0 Å². The van der Waals surface area contributed by atoms with E-state index in [9.17, 15) is 9.59 Å². The van der Waals surface area contributed by atoms with E-state index in [0.717, 1.165) is 4.47 Å². The van der Waals surface area contributed by atoms with Gasteiger partial charge in [-0.3, -0.25) is 9.59 Å². The molecule has 0 bridgehead atoms. The third kappa shape index (κ3) is 2.48. The maximum Gasteiger partial charge on any atom is 0.254 e. The third-order valence-corrected chi connectivity index (χ3v) is 3.49. The maximum absolute atomic E-state index is 12.0. The lowest BCUT2D eigenvalue weighted by Crippen LogP contribution is -2.40. The highest BCUT2D eigenvalue weighted by atomic mass is 79.9. The fourth-order valence-corrected chi connectivity index (χ4v) is 2.28. The number of likely N-dealkylation sites (N-methyl/N-ethyl adjacent to an activating group) is 1. The van der Waals surface area contributed by atoms with E-state index in [2.05, 4.69) is 21.2 Å². The molecule has 0 aromatic heterocycles. The minimum atomic E-state index is -0.444. The molecule has 1 fully saturated rings. The number of carbonyl (C=O) groups is 2. The zero-order chi connectivity index (χ0) is 13.3. The molecule has 1 heterocycles. The normalized spacial score (nSPS) is 19.1. The van der Waals surface area contributed by atoms with Crippen LogP contribution in [-0.4, -0.2) is 36.3 Å². The number of nitrogens with one attached hydrogen (secondary N) is 1. The van der Waals surface area contributed by atoms with Crippen LogP contribution in [0.1, 0.15) is 16.8 Å². The van der Waals surface area contributed by atoms with Crippen LogP contribution >= 0.6 is 15.9 Å². The summed E-state index contributed by atoms with van der Waals surface area (Å²) in [4.78, 5) is 25.3. The summed E-state index contributed by atoms with van der Waals surface area (Å²) < 4.78 is 0.775. The number of anilines is 1. The van der Waals surface area contributed by atoms with Gasteiger partial charge in [-0.05, 0) is 24.6 Å². The molecule has 2 rings (SSSR count). The molecule has 1 unspecified atom stereocenters. The summed E-state index contributed by atoms with van der Waals surface area (Å²) in [6.07, 6.45) is 0.634. The van der Waals surface area contributed by atoms with Crippen LogP contribution in [-0.2, 0) is 4.79 Å². The van der Waals surface area contributed by atoms with E-state index >= 15 is 0 Å². The second-order valence-electron chi connectivity index (χ2n) is 4.31. The van der Waals surface area contributed by atoms with Crippen molar-refractivity contribution >= 4 is 33.4 Å². The van der Waals surface area contributed by atoms with Gasteiger partial charge in [-0.2, -0.15) is 0 Å². The number of halogens is 1. The first-order valence-electron chi connectivity index (χ1n) is 5.60. The fraction of sp³-hybridized carbons (Fsp3) is 0.333. The molecular formula is C12H14BrN3O2. The van der Waals surface area contributed by atoms with Crippen molar-refractivity contribution in [1.82, 2.24) is 10.2 Å². The molecule has 5 nitrogen and oxygen atoms in total. The topological polar surface area (TPSA) is 75.4 Å². The van der Waals surface area contributed by atoms with Gasteiger partial charge in [-0.1, -0.05) is 15.9 Å². The summed E-state index contributed by atoms with van der Waals surface area (Å²) >= 11 is 3.29. The number of benzene rings is 1. The lowest BCUT2D eigenvalue weighted by Gasteiger charge is -2.13. The minimum absolute atomic E-state index is 0.0584. The molecule has 96 valence electrons. The molecule has 1 aliphatic heterocycles. The first-order valence-corrected chi connectivity index (χ1v) is 6.39. The molecule has 1 aliphatic rings. The Hall–Kier alpha value is -1.56. The fourth-order valence-electron chi connectivity index (χ4n) is 1.92. The average Bonchev–Trinajstić information content (AvgIpc) is 2.64. The molecule has 1 saturated heterocycles. The van der Waals surface area contributed by atoms with E-state index in [4.69, 9.17) is 5.73 Å². The maximum atomic E-state index is 12.0. The van der Waals surface area contributed by atoms with E-state index in [1.807, 2.05) is 0 Å². The van der Waals surface area contributed by atoms with Crippen molar-refractivity contribution < 1.29 is 9.59 Å². The average molecular weight is 312 g/mol. The van der Waals surface area contributed by atoms with Crippen molar-refractivity contribution in [3.63, 3.8) is 0 Å². The Morgan fingerprint density at radius 2 is 2.28 bits per heavy atom. The van der Waals surface area contributed by atoms with Gasteiger partial charge in [-0.25, -0.2) is 0 Å². The van der Waals surface area contributed by atoms with Crippen LogP contribution in [0.4, 0.5) is 5.69 Å². The Balaban J connectivity index is 2.13. The highest BCUT2D eigenvalue weighted by Crippen LogP contribution is 2.19. The Morgan fingerprint density at radius 3 is 2.89 bits per heavy atom. The molecular weight excluding hydrogens is 298 g/mol. The summed E-state index contributed by atoms with van der Waals surface area (Å²) in [7, 11) is 1.72. The van der Waals surface area contributed by atoms with Gasteiger partial charge in [0.2, 0.25) is 5.91 Å². The lowest BCUT2D eigenvalue weighted by molar-refractivity contribution is -0.128. The first-order chi connectivity index (χ1) is 8.49. The van der Waals surface area contributed by atoms with Crippen LogP contribution < -0.4 is 11.1 Å². The smallest absolute Gasteiger partial charge is 0.254 e. The van der Waals surface area contributed by atoms with Crippen molar-refractivity contribution in [3.8, 4) is 0 Å². The second kappa shape index (κ2) is 4.97. The SMILES string of the molecule is CN1CCC(NC(=O)c2cc(Br)ccc2N)C1=O. The molecule has 0 saturated carbocycles. The van der Waals surface area contributed by atoms with E-state index in [1.165, 1.54) is 0 Å². The number of nitrogen functional groups attached to an aromatic ring is 1. The Labute approximate surface area is 113 Å². The number of carbonyl (C=O) groups excluding carboxylic acids is 2. The van der Waals surface area contributed by atoms with Gasteiger partial charge >= 0.3 is 0 Å². The molecule has 0 aliphatic carbocycles. The number of likely N-dealkylation sites (tertiary alicyclic amines) is 1. The standard InChI is InChI=1S/C12H14BrN3O2/c1-16-5-4-10(12(16)18)15-11(17)8-6-7(13)2-3-9(8)14/h2-3,6,10H,4-5,14H2,1H3,(H,15,17). The molecule has 0 spiro atoms. The van der Waals surface area contributed by atoms with E-state index in [0.29, 0.717) is 24.2 Å². The van der Waals surface area contributed by atoms with Crippen LogP contribution in [0.5, 0.6) is 0 Å². The van der Waals surface area contributed by atoms with Gasteiger partial charge < -0.3 is 16.0 Å². The van der Waals surface area contributed by atoms with E-state index in [1.54, 1.807) is 30.1 Å². The summed E-state index contributed by atoms with van der Waals surface area (Å²) in [6.45, 7) is 0.664. The van der Waals surface area contributed by atoms with Gasteiger partial charge in [0.1, 0.15) is 6.04 Å². The minimum Gasteiger partial charge on any atom is -0.398 e. The molecule has 0 radical (unpaired) electrons. The Kier molecular flexibility index (Phi) is 3.56. The monoisotopic (exact) mass is 311 g/mol. The van der Waals surface area contributed by atoms with Crippen LogP contribution in [0, 0.1) is 0 Å². The molecule has 1 aromatic rings. The molecule has 1 aromatic carbocycles. The summed E-state index contributed by atoms with van der Waals surface area (Å²) in [5, 5.41) is 2.71. The van der Waals surface area contributed by atoms with E-state index in [-0.39, 0.29) is 11.8 Å². The van der Waals surface area contributed by atoms with E-state index < -0.39 is 6.04 Å². The zero-order valence-electron chi connectivity index (χ0n) is 9.94. The third-order valence-electron chi connectivity index (χ3n) is 2.99. The summed E-state index contributed by atoms with van der Waals surface area (Å²) in [5.74, 6) is -0.376. The highest BCUT2D eigenvalue weighted by Gasteiger charge is 2.30. The Bertz CT molecular complexity index is 504. The number of amides is 2. The highest BCUT2D eigenvalue weighted by molar-refractivity contribution is 9.10. The van der Waals surface area contributed by atoms with Crippen LogP contribution in [0.25, 0.3) is 0 Å². The number of hydrogen-bond donors (Lipinski definition) is 2. The zero-order valence-corrected chi connectivity index (χ0v) is 11.5. The second-order valence-corrected chi connectivity index (χ2v) is 5.22. The Morgan fingerprint density at radius 1 is 1.56 bits per heavy atom. The number of nitrogens with two attached hydrogens (primary N) is 1. The van der Waals surface area contributed by atoms with Crippen molar-refractivity contribution in [2.75, 3.05) is 19.3 Å². The van der Waals surface area contributed by atoms with Gasteiger partial charge in [-0.15, -0.1) is 0 Å².